The molecule has 1 amide bonds. The Bertz CT molecular complexity index is 1950. The van der Waals surface area contributed by atoms with Crippen LogP contribution in [0.5, 0.6) is 17.2 Å². The fourth-order valence-corrected chi connectivity index (χ4v) is 9.66. The molecule has 0 aliphatic carbocycles. The molecule has 0 aromatic heterocycles. The summed E-state index contributed by atoms with van der Waals surface area (Å²) in [5, 5.41) is 14.5. The Balaban J connectivity index is 1.30. The summed E-state index contributed by atoms with van der Waals surface area (Å²) in [6.07, 6.45) is -1.90. The number of alkyl carbamates (subject to hydrolysis) is 1. The number of fused-ring (bicyclic) bond motifs is 1. The number of para-hydroxylation sites is 1. The first kappa shape index (κ1) is 46.8. The Morgan fingerprint density at radius 1 is 0.933 bits per heavy atom. The summed E-state index contributed by atoms with van der Waals surface area (Å²) < 4.78 is 87.7. The molecule has 0 radical (unpaired) electrons. The van der Waals surface area contributed by atoms with E-state index in [1.165, 1.54) is 23.4 Å². The standard InChI is InChI=1S/C42H57N2O14PS/c1-5-8-24-52-32-18-20-35(21-19-32)60(49,50)44(23-6-2)27-38(45)37(43-42(47)56-39-28-54-41-36(39)22-25-53-41)26-31-14-16-33(17-15-31)55-29-59(48,57-30(4)40(46)51-7-3)58-34-12-10-9-11-13-34/h9-21,30,36-39,41,45H,5-8,22-29H2,1-4H3,(H,43,47)/t30-,36-,37-,38+,39-,41+,59?/m0/s1. The molecule has 16 nitrogen and oxygen atoms in total. The SMILES string of the molecule is CCCCOc1ccc(S(=O)(=O)N(CCC)C[C@@H](O)[C@H](Cc2ccc(OCP(=O)(Oc3ccccc3)O[C@@H](C)C(=O)OCC)cc2)NC(=O)O[C@H]2CO[C@H]3OCC[C@H]32)cc1. The van der Waals surface area contributed by atoms with Gasteiger partial charge < -0.3 is 43.4 Å². The van der Waals surface area contributed by atoms with E-state index in [1.807, 2.05) is 6.92 Å². The van der Waals surface area contributed by atoms with Crippen molar-refractivity contribution in [3.8, 4) is 17.2 Å². The van der Waals surface area contributed by atoms with E-state index in [1.54, 1.807) is 73.7 Å². The lowest BCUT2D eigenvalue weighted by Crippen LogP contribution is -2.51. The van der Waals surface area contributed by atoms with Gasteiger partial charge in [0.05, 0.1) is 49.4 Å². The summed E-state index contributed by atoms with van der Waals surface area (Å²) in [7, 11) is -8.15. The van der Waals surface area contributed by atoms with E-state index >= 15 is 0 Å². The molecule has 1 unspecified atom stereocenters. The highest BCUT2D eigenvalue weighted by Gasteiger charge is 2.44. The summed E-state index contributed by atoms with van der Waals surface area (Å²) in [5.41, 5.74) is 0.639. The molecule has 2 N–H and O–H groups in total. The molecular weight excluding hydrogens is 820 g/mol. The molecule has 60 heavy (non-hydrogen) atoms. The number of aliphatic hydroxyl groups is 1. The van der Waals surface area contributed by atoms with Gasteiger partial charge in [-0.05, 0) is 93.6 Å². The van der Waals surface area contributed by atoms with Gasteiger partial charge in [-0.3, -0.25) is 4.52 Å². The number of nitrogens with one attached hydrogen (secondary N) is 1. The van der Waals surface area contributed by atoms with Gasteiger partial charge in [-0.2, -0.15) is 4.31 Å². The normalized spacial score (nSPS) is 20.0. The molecular formula is C42H57N2O14PS. The number of aliphatic hydroxyl groups excluding tert-OH is 1. The van der Waals surface area contributed by atoms with Crippen molar-refractivity contribution in [1.29, 1.82) is 0 Å². The molecule has 2 saturated heterocycles. The second-order valence-corrected chi connectivity index (χ2v) is 18.3. The highest BCUT2D eigenvalue weighted by atomic mass is 32.2. The van der Waals surface area contributed by atoms with E-state index in [-0.39, 0.29) is 55.0 Å². The van der Waals surface area contributed by atoms with Gasteiger partial charge in [0.25, 0.3) is 0 Å². The monoisotopic (exact) mass is 876 g/mol. The van der Waals surface area contributed by atoms with Crippen LogP contribution >= 0.6 is 7.60 Å². The molecule has 5 rings (SSSR count). The minimum Gasteiger partial charge on any atom is -0.494 e. The first-order chi connectivity index (χ1) is 28.8. The second kappa shape index (κ2) is 22.6. The van der Waals surface area contributed by atoms with Crippen LogP contribution in [0.15, 0.2) is 83.8 Å². The molecule has 18 heteroatoms. The molecule has 7 atom stereocenters. The van der Waals surface area contributed by atoms with E-state index in [0.29, 0.717) is 37.4 Å². The zero-order valence-corrected chi connectivity index (χ0v) is 36.2. The van der Waals surface area contributed by atoms with E-state index in [9.17, 15) is 27.7 Å². The lowest BCUT2D eigenvalue weighted by molar-refractivity contribution is -0.150. The maximum Gasteiger partial charge on any atom is 0.417 e. The number of esters is 1. The number of carbonyl (C=O) groups excluding carboxylic acids is 2. The average Bonchev–Trinajstić information content (AvgIpc) is 3.86. The van der Waals surface area contributed by atoms with Crippen LogP contribution < -0.4 is 19.3 Å². The number of sulfonamides is 1. The average molecular weight is 877 g/mol. The van der Waals surface area contributed by atoms with Crippen LogP contribution in [-0.4, -0.2) is 106 Å². The molecule has 0 bridgehead atoms. The van der Waals surface area contributed by atoms with Crippen molar-refractivity contribution in [3.63, 3.8) is 0 Å². The van der Waals surface area contributed by atoms with Gasteiger partial charge in [0.1, 0.15) is 23.4 Å². The van der Waals surface area contributed by atoms with Crippen LogP contribution in [0.2, 0.25) is 0 Å². The number of nitrogens with zero attached hydrogens (tertiary/aromatic N) is 1. The number of benzene rings is 3. The maximum atomic E-state index is 13.9. The van der Waals surface area contributed by atoms with E-state index in [0.717, 1.165) is 12.8 Å². The van der Waals surface area contributed by atoms with Crippen LogP contribution in [-0.2, 0) is 49.3 Å². The van der Waals surface area contributed by atoms with Crippen molar-refractivity contribution in [3.05, 3.63) is 84.4 Å². The third-order valence-corrected chi connectivity index (χ3v) is 13.2. The van der Waals surface area contributed by atoms with Crippen molar-refractivity contribution in [2.45, 2.75) is 95.3 Å². The number of ether oxygens (including phenoxy) is 6. The van der Waals surface area contributed by atoms with Gasteiger partial charge in [-0.15, -0.1) is 0 Å². The van der Waals surface area contributed by atoms with Crippen LogP contribution in [0.4, 0.5) is 4.79 Å². The molecule has 2 aliphatic rings. The third-order valence-electron chi connectivity index (χ3n) is 9.80. The lowest BCUT2D eigenvalue weighted by Gasteiger charge is -2.30. The number of unbranched alkanes of at least 4 members (excludes halogenated alkanes) is 1. The fraction of sp³-hybridized carbons (Fsp3) is 0.524. The summed E-state index contributed by atoms with van der Waals surface area (Å²) >= 11 is 0. The topological polar surface area (TPSA) is 195 Å². The molecule has 3 aromatic carbocycles. The molecule has 0 spiro atoms. The zero-order valence-electron chi connectivity index (χ0n) is 34.5. The van der Waals surface area contributed by atoms with Gasteiger partial charge in [0, 0.05) is 13.1 Å². The van der Waals surface area contributed by atoms with Crippen LogP contribution in [0.3, 0.4) is 0 Å². The summed E-state index contributed by atoms with van der Waals surface area (Å²) in [5.74, 6) is 0.257. The number of amides is 1. The van der Waals surface area contributed by atoms with Crippen molar-refractivity contribution >= 4 is 29.7 Å². The molecule has 2 aliphatic heterocycles. The van der Waals surface area contributed by atoms with Crippen molar-refractivity contribution < 1.29 is 65.1 Å². The van der Waals surface area contributed by atoms with Crippen molar-refractivity contribution in [2.24, 2.45) is 5.92 Å². The zero-order chi connectivity index (χ0) is 43.1. The smallest absolute Gasteiger partial charge is 0.417 e. The van der Waals surface area contributed by atoms with Crippen LogP contribution in [0, 0.1) is 5.92 Å². The maximum absolute atomic E-state index is 13.9. The van der Waals surface area contributed by atoms with Gasteiger partial charge >= 0.3 is 19.7 Å². The van der Waals surface area contributed by atoms with E-state index in [2.05, 4.69) is 12.2 Å². The first-order valence-corrected chi connectivity index (χ1v) is 23.5. The highest BCUT2D eigenvalue weighted by molar-refractivity contribution is 7.89. The van der Waals surface area contributed by atoms with Crippen LogP contribution in [0.1, 0.15) is 58.9 Å². The predicted molar refractivity (Wildman–Crippen MR) is 220 cm³/mol. The lowest BCUT2D eigenvalue weighted by atomic mass is 10.0. The Morgan fingerprint density at radius 3 is 2.32 bits per heavy atom. The van der Waals surface area contributed by atoms with Gasteiger partial charge in [0.15, 0.2) is 12.4 Å². The Kier molecular flexibility index (Phi) is 17.6. The number of hydrogen-bond donors (Lipinski definition) is 2. The van der Waals surface area contributed by atoms with Gasteiger partial charge in [-0.25, -0.2) is 22.6 Å². The van der Waals surface area contributed by atoms with Gasteiger partial charge in [0.2, 0.25) is 16.4 Å². The number of carbonyl (C=O) groups is 2. The van der Waals surface area contributed by atoms with Crippen LogP contribution in [0.25, 0.3) is 0 Å². The fourth-order valence-electron chi connectivity index (χ4n) is 6.63. The Labute approximate surface area is 352 Å². The quantitative estimate of drug-likeness (QED) is 0.0578. The minimum atomic E-state index is -4.08. The third kappa shape index (κ3) is 13.4. The molecule has 0 saturated carbocycles. The van der Waals surface area contributed by atoms with E-state index in [4.69, 9.17) is 37.5 Å². The van der Waals surface area contributed by atoms with E-state index < -0.39 is 66.7 Å². The summed E-state index contributed by atoms with van der Waals surface area (Å²) in [6.45, 7) is 8.00. The molecule has 2 heterocycles. The molecule has 330 valence electrons. The largest absolute Gasteiger partial charge is 0.494 e. The summed E-state index contributed by atoms with van der Waals surface area (Å²) in [4.78, 5) is 25.7. The number of rotatable bonds is 24. The molecule has 2 fully saturated rings. The Morgan fingerprint density at radius 2 is 1.63 bits per heavy atom. The molecule has 3 aromatic rings. The van der Waals surface area contributed by atoms with Crippen molar-refractivity contribution in [2.75, 3.05) is 45.9 Å². The van der Waals surface area contributed by atoms with Gasteiger partial charge in [-0.1, -0.05) is 50.6 Å². The minimum absolute atomic E-state index is 0.0412. The second-order valence-electron chi connectivity index (χ2n) is 14.5. The summed E-state index contributed by atoms with van der Waals surface area (Å²) in [6, 6.07) is 20.1. The number of hydrogen-bond acceptors (Lipinski definition) is 14. The first-order valence-electron chi connectivity index (χ1n) is 20.4. The highest BCUT2D eigenvalue weighted by Crippen LogP contribution is 2.49. The predicted octanol–water partition coefficient (Wildman–Crippen LogP) is 6.30. The van der Waals surface area contributed by atoms with Crippen molar-refractivity contribution in [1.82, 2.24) is 9.62 Å². The Hall–Kier alpha value is -4.22.